The Labute approximate surface area is 109 Å². The van der Waals surface area contributed by atoms with Gasteiger partial charge >= 0.3 is 6.03 Å². The predicted octanol–water partition coefficient (Wildman–Crippen LogP) is 3.55. The van der Waals surface area contributed by atoms with E-state index in [-0.39, 0.29) is 11.8 Å². The number of anilines is 1. The van der Waals surface area contributed by atoms with Crippen molar-refractivity contribution < 1.29 is 9.18 Å². The van der Waals surface area contributed by atoms with Crippen LogP contribution in [0.3, 0.4) is 0 Å². The van der Waals surface area contributed by atoms with Crippen LogP contribution in [-0.4, -0.2) is 18.0 Å². The van der Waals surface area contributed by atoms with Gasteiger partial charge in [-0.15, -0.1) is 0 Å². The highest BCUT2D eigenvalue weighted by Crippen LogP contribution is 2.11. The van der Waals surface area contributed by atoms with Gasteiger partial charge < -0.3 is 10.2 Å². The van der Waals surface area contributed by atoms with Gasteiger partial charge in [-0.3, -0.25) is 0 Å². The molecule has 5 heteroatoms. The molecule has 0 fully saturated rings. The van der Waals surface area contributed by atoms with Crippen molar-refractivity contribution in [2.24, 2.45) is 0 Å². The van der Waals surface area contributed by atoms with Gasteiger partial charge in [-0.2, -0.15) is 11.3 Å². The maximum Gasteiger partial charge on any atom is 0.321 e. The molecule has 0 saturated carbocycles. The molecule has 2 rings (SSSR count). The van der Waals surface area contributed by atoms with Crippen LogP contribution in [0.2, 0.25) is 0 Å². The van der Waals surface area contributed by atoms with Gasteiger partial charge in [0.05, 0.1) is 0 Å². The minimum absolute atomic E-state index is 0.215. The molecule has 0 aliphatic heterocycles. The summed E-state index contributed by atoms with van der Waals surface area (Å²) in [7, 11) is 1.72. The number of thiophene rings is 1. The molecule has 1 heterocycles. The third kappa shape index (κ3) is 3.30. The van der Waals surface area contributed by atoms with E-state index in [1.54, 1.807) is 23.3 Å². The Morgan fingerprint density at radius 1 is 1.33 bits per heavy atom. The van der Waals surface area contributed by atoms with Crippen LogP contribution in [0.1, 0.15) is 5.56 Å². The Balaban J connectivity index is 1.93. The number of carbonyl (C=O) groups excluding carboxylic acids is 1. The summed E-state index contributed by atoms with van der Waals surface area (Å²) in [5, 5.41) is 6.68. The van der Waals surface area contributed by atoms with Crippen molar-refractivity contribution in [3.63, 3.8) is 0 Å². The monoisotopic (exact) mass is 264 g/mol. The zero-order valence-electron chi connectivity index (χ0n) is 9.89. The molecule has 94 valence electrons. The van der Waals surface area contributed by atoms with E-state index in [4.69, 9.17) is 0 Å². The van der Waals surface area contributed by atoms with E-state index in [1.807, 2.05) is 16.8 Å². The highest BCUT2D eigenvalue weighted by molar-refractivity contribution is 7.07. The van der Waals surface area contributed by atoms with Crippen LogP contribution in [0.15, 0.2) is 41.1 Å². The Kier molecular flexibility index (Phi) is 3.94. The topological polar surface area (TPSA) is 32.3 Å². The minimum atomic E-state index is -0.320. The largest absolute Gasteiger partial charge is 0.323 e. The van der Waals surface area contributed by atoms with Crippen LogP contribution in [0.5, 0.6) is 0 Å². The van der Waals surface area contributed by atoms with Crippen LogP contribution >= 0.6 is 11.3 Å². The number of halogens is 1. The molecule has 18 heavy (non-hydrogen) atoms. The summed E-state index contributed by atoms with van der Waals surface area (Å²) in [6.45, 7) is 0.552. The maximum absolute atomic E-state index is 12.7. The lowest BCUT2D eigenvalue weighted by atomic mass is 10.3. The van der Waals surface area contributed by atoms with Crippen molar-refractivity contribution in [3.05, 3.63) is 52.5 Å². The number of rotatable bonds is 3. The van der Waals surface area contributed by atoms with Crippen LogP contribution in [0, 0.1) is 5.82 Å². The number of amides is 2. The van der Waals surface area contributed by atoms with E-state index in [2.05, 4.69) is 5.32 Å². The van der Waals surface area contributed by atoms with E-state index >= 15 is 0 Å². The van der Waals surface area contributed by atoms with Gasteiger partial charge in [0, 0.05) is 19.3 Å². The van der Waals surface area contributed by atoms with Crippen molar-refractivity contribution >= 4 is 23.1 Å². The fourth-order valence-electron chi connectivity index (χ4n) is 1.48. The smallest absolute Gasteiger partial charge is 0.321 e. The molecule has 0 aliphatic carbocycles. The summed E-state index contributed by atoms with van der Waals surface area (Å²) >= 11 is 1.60. The van der Waals surface area contributed by atoms with E-state index in [0.717, 1.165) is 5.56 Å². The molecule has 1 aromatic heterocycles. The molecule has 0 unspecified atom stereocenters. The summed E-state index contributed by atoms with van der Waals surface area (Å²) < 4.78 is 12.7. The average Bonchev–Trinajstić information content (AvgIpc) is 2.85. The van der Waals surface area contributed by atoms with Gasteiger partial charge in [-0.1, -0.05) is 0 Å². The van der Waals surface area contributed by atoms with Crippen molar-refractivity contribution in [1.82, 2.24) is 4.90 Å². The molecule has 3 nitrogen and oxygen atoms in total. The summed E-state index contributed by atoms with van der Waals surface area (Å²) in [6, 6.07) is 7.46. The Morgan fingerprint density at radius 2 is 2.06 bits per heavy atom. The zero-order valence-corrected chi connectivity index (χ0v) is 10.7. The van der Waals surface area contributed by atoms with Crippen molar-refractivity contribution in [2.45, 2.75) is 6.54 Å². The van der Waals surface area contributed by atoms with Gasteiger partial charge in [0.1, 0.15) is 5.82 Å². The fraction of sp³-hybridized carbons (Fsp3) is 0.154. The summed E-state index contributed by atoms with van der Waals surface area (Å²) in [6.07, 6.45) is 0. The maximum atomic E-state index is 12.7. The first-order valence-electron chi connectivity index (χ1n) is 5.44. The third-order valence-corrected chi connectivity index (χ3v) is 3.17. The van der Waals surface area contributed by atoms with Gasteiger partial charge in [-0.25, -0.2) is 9.18 Å². The van der Waals surface area contributed by atoms with Crippen molar-refractivity contribution in [3.8, 4) is 0 Å². The van der Waals surface area contributed by atoms with E-state index in [1.165, 1.54) is 24.3 Å². The SMILES string of the molecule is CN(Cc1ccsc1)C(=O)Nc1ccc(F)cc1. The van der Waals surface area contributed by atoms with Gasteiger partial charge in [0.25, 0.3) is 0 Å². The van der Waals surface area contributed by atoms with E-state index in [0.29, 0.717) is 12.2 Å². The number of carbonyl (C=O) groups is 1. The molecule has 0 saturated heterocycles. The second kappa shape index (κ2) is 5.64. The van der Waals surface area contributed by atoms with Crippen LogP contribution in [0.4, 0.5) is 14.9 Å². The molecule has 0 bridgehead atoms. The van der Waals surface area contributed by atoms with E-state index in [9.17, 15) is 9.18 Å². The Bertz CT molecular complexity index is 510. The molecule has 2 amide bonds. The number of benzene rings is 1. The van der Waals surface area contributed by atoms with Crippen LogP contribution < -0.4 is 5.32 Å². The number of hydrogen-bond donors (Lipinski definition) is 1. The zero-order chi connectivity index (χ0) is 13.0. The molecular weight excluding hydrogens is 251 g/mol. The molecule has 1 N–H and O–H groups in total. The number of nitrogens with one attached hydrogen (secondary N) is 1. The lowest BCUT2D eigenvalue weighted by Crippen LogP contribution is -2.30. The first kappa shape index (κ1) is 12.6. The Morgan fingerprint density at radius 3 is 2.67 bits per heavy atom. The van der Waals surface area contributed by atoms with E-state index < -0.39 is 0 Å². The number of urea groups is 1. The Hall–Kier alpha value is -1.88. The first-order valence-corrected chi connectivity index (χ1v) is 6.38. The molecule has 0 radical (unpaired) electrons. The van der Waals surface area contributed by atoms with Gasteiger partial charge in [-0.05, 0) is 46.7 Å². The highest BCUT2D eigenvalue weighted by Gasteiger charge is 2.09. The van der Waals surface area contributed by atoms with Crippen molar-refractivity contribution in [1.29, 1.82) is 0 Å². The van der Waals surface area contributed by atoms with Gasteiger partial charge in [0.2, 0.25) is 0 Å². The molecule has 0 spiro atoms. The molecule has 2 aromatic rings. The minimum Gasteiger partial charge on any atom is -0.323 e. The molecule has 0 atom stereocenters. The lowest BCUT2D eigenvalue weighted by molar-refractivity contribution is 0.221. The number of nitrogens with zero attached hydrogens (tertiary/aromatic N) is 1. The summed E-state index contributed by atoms with van der Waals surface area (Å²) in [5.41, 5.74) is 1.68. The highest BCUT2D eigenvalue weighted by atomic mass is 32.1. The molecule has 0 aliphatic rings. The van der Waals surface area contributed by atoms with Crippen LogP contribution in [0.25, 0.3) is 0 Å². The first-order chi connectivity index (χ1) is 8.65. The third-order valence-electron chi connectivity index (χ3n) is 2.44. The van der Waals surface area contributed by atoms with Gasteiger partial charge in [0.15, 0.2) is 0 Å². The normalized spacial score (nSPS) is 10.1. The lowest BCUT2D eigenvalue weighted by Gasteiger charge is -2.17. The molecular formula is C13H13FN2OS. The second-order valence-electron chi connectivity index (χ2n) is 3.92. The van der Waals surface area contributed by atoms with Crippen molar-refractivity contribution in [2.75, 3.05) is 12.4 Å². The standard InChI is InChI=1S/C13H13FN2OS/c1-16(8-10-6-7-18-9-10)13(17)15-12-4-2-11(14)3-5-12/h2-7,9H,8H2,1H3,(H,15,17). The average molecular weight is 264 g/mol. The number of hydrogen-bond acceptors (Lipinski definition) is 2. The second-order valence-corrected chi connectivity index (χ2v) is 4.70. The quantitative estimate of drug-likeness (QED) is 0.903. The van der Waals surface area contributed by atoms with Crippen LogP contribution in [-0.2, 0) is 6.54 Å². The predicted molar refractivity (Wildman–Crippen MR) is 71.2 cm³/mol. The molecule has 1 aromatic carbocycles. The summed E-state index contributed by atoms with van der Waals surface area (Å²) in [5.74, 6) is -0.320. The fourth-order valence-corrected chi connectivity index (χ4v) is 2.14. The summed E-state index contributed by atoms with van der Waals surface area (Å²) in [4.78, 5) is 13.4.